The molecule has 0 heterocycles. The third-order valence-electron chi connectivity index (χ3n) is 3.43. The molecule has 2 nitrogen and oxygen atoms in total. The molecule has 0 aliphatic rings. The summed E-state index contributed by atoms with van der Waals surface area (Å²) >= 11 is 1.91. The van der Waals surface area contributed by atoms with E-state index in [-0.39, 0.29) is 0 Å². The van der Waals surface area contributed by atoms with Crippen molar-refractivity contribution in [2.45, 2.75) is 63.3 Å². The molecule has 0 fully saturated rings. The lowest BCUT2D eigenvalue weighted by atomic mass is 10.1. The van der Waals surface area contributed by atoms with E-state index >= 15 is 0 Å². The number of thioether (sulfide) groups is 1. The Kier molecular flexibility index (Phi) is 8.97. The van der Waals surface area contributed by atoms with E-state index in [0.29, 0.717) is 6.04 Å². The van der Waals surface area contributed by atoms with Crippen LogP contribution in [0.25, 0.3) is 0 Å². The Balaban J connectivity index is 2.23. The Labute approximate surface area is 122 Å². The van der Waals surface area contributed by atoms with Crippen molar-refractivity contribution < 1.29 is 0 Å². The number of hydrazine groups is 1. The molecule has 1 aromatic carbocycles. The zero-order valence-electron chi connectivity index (χ0n) is 12.3. The van der Waals surface area contributed by atoms with Crippen LogP contribution >= 0.6 is 11.8 Å². The van der Waals surface area contributed by atoms with Gasteiger partial charge in [0.2, 0.25) is 0 Å². The summed E-state index contributed by atoms with van der Waals surface area (Å²) in [6, 6.07) is 8.97. The lowest BCUT2D eigenvalue weighted by Gasteiger charge is -2.16. The van der Waals surface area contributed by atoms with Crippen LogP contribution in [0.1, 0.15) is 51.0 Å². The van der Waals surface area contributed by atoms with E-state index in [1.165, 1.54) is 49.0 Å². The summed E-state index contributed by atoms with van der Waals surface area (Å²) in [5.74, 6) is 6.70. The molecule has 0 radical (unpaired) electrons. The van der Waals surface area contributed by atoms with Gasteiger partial charge in [-0.3, -0.25) is 11.3 Å². The summed E-state index contributed by atoms with van der Waals surface area (Å²) in [6.07, 6.45) is 7.82. The van der Waals surface area contributed by atoms with Crippen molar-refractivity contribution in [3.8, 4) is 0 Å². The second-order valence-electron chi connectivity index (χ2n) is 5.14. The summed E-state index contributed by atoms with van der Waals surface area (Å²) in [4.78, 5) is 1.37. The summed E-state index contributed by atoms with van der Waals surface area (Å²) in [5.41, 5.74) is 4.31. The van der Waals surface area contributed by atoms with Crippen molar-refractivity contribution in [1.29, 1.82) is 0 Å². The molecule has 3 heteroatoms. The normalized spacial score (nSPS) is 12.6. The van der Waals surface area contributed by atoms with Crippen LogP contribution in [0.15, 0.2) is 29.2 Å². The highest BCUT2D eigenvalue weighted by Gasteiger charge is 2.08. The smallest absolute Gasteiger partial charge is 0.0304 e. The van der Waals surface area contributed by atoms with Crippen molar-refractivity contribution in [3.05, 3.63) is 29.8 Å². The van der Waals surface area contributed by atoms with Crippen LogP contribution in [0.5, 0.6) is 0 Å². The minimum atomic E-state index is 0.422. The van der Waals surface area contributed by atoms with Crippen molar-refractivity contribution in [2.75, 3.05) is 5.75 Å². The molecular formula is C16H28N2S. The minimum Gasteiger partial charge on any atom is -0.271 e. The molecule has 1 rings (SSSR count). The molecule has 0 aliphatic carbocycles. The fourth-order valence-corrected chi connectivity index (χ4v) is 3.23. The number of nitrogens with two attached hydrogens (primary N) is 1. The first-order valence-corrected chi connectivity index (χ1v) is 8.41. The molecule has 0 spiro atoms. The number of aryl methyl sites for hydroxylation is 1. The Morgan fingerprint density at radius 1 is 1.16 bits per heavy atom. The van der Waals surface area contributed by atoms with Crippen molar-refractivity contribution in [2.24, 2.45) is 5.84 Å². The average molecular weight is 280 g/mol. The van der Waals surface area contributed by atoms with Crippen LogP contribution in [-0.4, -0.2) is 11.8 Å². The van der Waals surface area contributed by atoms with E-state index in [2.05, 4.69) is 43.5 Å². The zero-order chi connectivity index (χ0) is 13.9. The largest absolute Gasteiger partial charge is 0.271 e. The van der Waals surface area contributed by atoms with E-state index in [1.807, 2.05) is 11.8 Å². The van der Waals surface area contributed by atoms with Crippen LogP contribution < -0.4 is 11.3 Å². The number of hydrogen-bond acceptors (Lipinski definition) is 3. The standard InChI is InChI=1S/C16H28N2S/c1-3-4-5-6-7-11-15(18-17)13-19-16-12-9-8-10-14(16)2/h8-10,12,15,18H,3-7,11,13,17H2,1-2H3. The topological polar surface area (TPSA) is 38.0 Å². The predicted octanol–water partition coefficient (Wildman–Crippen LogP) is 4.28. The van der Waals surface area contributed by atoms with E-state index in [9.17, 15) is 0 Å². The van der Waals surface area contributed by atoms with Gasteiger partial charge in [0.1, 0.15) is 0 Å². The first kappa shape index (κ1) is 16.5. The van der Waals surface area contributed by atoms with Gasteiger partial charge >= 0.3 is 0 Å². The molecule has 3 N–H and O–H groups in total. The van der Waals surface area contributed by atoms with Gasteiger partial charge in [-0.15, -0.1) is 11.8 Å². The van der Waals surface area contributed by atoms with Gasteiger partial charge in [0.05, 0.1) is 0 Å². The van der Waals surface area contributed by atoms with E-state index in [0.717, 1.165) is 5.75 Å². The van der Waals surface area contributed by atoms with Gasteiger partial charge in [-0.25, -0.2) is 0 Å². The lowest BCUT2D eigenvalue weighted by molar-refractivity contribution is 0.497. The van der Waals surface area contributed by atoms with Crippen LogP contribution in [0, 0.1) is 6.92 Å². The number of hydrogen-bond donors (Lipinski definition) is 2. The maximum Gasteiger partial charge on any atom is 0.0304 e. The first-order chi connectivity index (χ1) is 9.27. The first-order valence-electron chi connectivity index (χ1n) is 7.42. The van der Waals surface area contributed by atoms with Crippen LogP contribution in [0.2, 0.25) is 0 Å². The number of nitrogens with one attached hydrogen (secondary N) is 1. The van der Waals surface area contributed by atoms with Crippen LogP contribution in [-0.2, 0) is 0 Å². The van der Waals surface area contributed by atoms with E-state index < -0.39 is 0 Å². The summed E-state index contributed by atoms with van der Waals surface area (Å²) < 4.78 is 0. The van der Waals surface area contributed by atoms with Gasteiger partial charge in [-0.1, -0.05) is 57.2 Å². The van der Waals surface area contributed by atoms with Crippen LogP contribution in [0.3, 0.4) is 0 Å². The van der Waals surface area contributed by atoms with Gasteiger partial charge in [0.25, 0.3) is 0 Å². The fraction of sp³-hybridized carbons (Fsp3) is 0.625. The Morgan fingerprint density at radius 3 is 2.58 bits per heavy atom. The third-order valence-corrected chi connectivity index (χ3v) is 4.76. The molecule has 0 amide bonds. The second-order valence-corrected chi connectivity index (χ2v) is 6.20. The van der Waals surface area contributed by atoms with E-state index in [1.54, 1.807) is 0 Å². The Bertz CT molecular complexity index is 341. The highest BCUT2D eigenvalue weighted by atomic mass is 32.2. The van der Waals surface area contributed by atoms with Crippen molar-refractivity contribution in [1.82, 2.24) is 5.43 Å². The van der Waals surface area contributed by atoms with Gasteiger partial charge in [0.15, 0.2) is 0 Å². The maximum atomic E-state index is 5.65. The van der Waals surface area contributed by atoms with Gasteiger partial charge in [0, 0.05) is 16.7 Å². The number of benzene rings is 1. The summed E-state index contributed by atoms with van der Waals surface area (Å²) in [7, 11) is 0. The van der Waals surface area contributed by atoms with Crippen molar-refractivity contribution in [3.63, 3.8) is 0 Å². The molecular weight excluding hydrogens is 252 g/mol. The molecule has 0 aliphatic heterocycles. The monoisotopic (exact) mass is 280 g/mol. The molecule has 19 heavy (non-hydrogen) atoms. The predicted molar refractivity (Wildman–Crippen MR) is 86.4 cm³/mol. The highest BCUT2D eigenvalue weighted by molar-refractivity contribution is 7.99. The highest BCUT2D eigenvalue weighted by Crippen LogP contribution is 2.23. The lowest BCUT2D eigenvalue weighted by Crippen LogP contribution is -2.36. The molecule has 1 unspecified atom stereocenters. The second kappa shape index (κ2) is 10.3. The molecule has 0 saturated carbocycles. The number of unbranched alkanes of at least 4 members (excludes halogenated alkanes) is 4. The molecule has 0 aromatic heterocycles. The maximum absolute atomic E-state index is 5.65. The Hall–Kier alpha value is -0.510. The van der Waals surface area contributed by atoms with Crippen molar-refractivity contribution >= 4 is 11.8 Å². The van der Waals surface area contributed by atoms with Gasteiger partial charge in [-0.2, -0.15) is 0 Å². The zero-order valence-corrected chi connectivity index (χ0v) is 13.1. The van der Waals surface area contributed by atoms with E-state index in [4.69, 9.17) is 5.84 Å². The summed E-state index contributed by atoms with van der Waals surface area (Å²) in [5, 5.41) is 0. The molecule has 1 aromatic rings. The van der Waals surface area contributed by atoms with Crippen LogP contribution in [0.4, 0.5) is 0 Å². The molecule has 0 bridgehead atoms. The summed E-state index contributed by atoms with van der Waals surface area (Å²) in [6.45, 7) is 4.42. The van der Waals surface area contributed by atoms with Gasteiger partial charge in [-0.05, 0) is 25.0 Å². The molecule has 108 valence electrons. The Morgan fingerprint density at radius 2 is 1.89 bits per heavy atom. The third kappa shape index (κ3) is 7.00. The fourth-order valence-electron chi connectivity index (χ4n) is 2.12. The SMILES string of the molecule is CCCCCCCC(CSc1ccccc1C)NN. The minimum absolute atomic E-state index is 0.422. The molecule has 0 saturated heterocycles. The number of rotatable bonds is 10. The quantitative estimate of drug-likeness (QED) is 0.291. The molecule has 1 atom stereocenters. The van der Waals surface area contributed by atoms with Gasteiger partial charge < -0.3 is 0 Å². The average Bonchev–Trinajstić information content (AvgIpc) is 2.43.